The summed E-state index contributed by atoms with van der Waals surface area (Å²) in [7, 11) is -11.0. The molecule has 11 atom stereocenters. The molecule has 2 saturated heterocycles. The molecule has 2 aliphatic heterocycles. The molecule has 206 valence electrons. The van der Waals surface area contributed by atoms with E-state index in [1.54, 1.807) is 0 Å². The lowest BCUT2D eigenvalue weighted by molar-refractivity contribution is -0.251. The number of aromatic amines is 1. The van der Waals surface area contributed by atoms with Crippen LogP contribution in [0.1, 0.15) is 6.23 Å². The second-order valence-electron chi connectivity index (χ2n) is 7.77. The van der Waals surface area contributed by atoms with Crippen molar-refractivity contribution < 1.29 is 67.3 Å². The molecule has 2 unspecified atom stereocenters. The third kappa shape index (κ3) is 6.54. The Morgan fingerprint density at radius 3 is 2.28 bits per heavy atom. The van der Waals surface area contributed by atoms with Crippen LogP contribution in [0.4, 0.5) is 0 Å². The van der Waals surface area contributed by atoms with Crippen LogP contribution >= 0.6 is 15.6 Å². The highest BCUT2D eigenvalue weighted by molar-refractivity contribution is 7.61. The van der Waals surface area contributed by atoms with Crippen LogP contribution in [0.2, 0.25) is 0 Å². The standard InChI is InChI=1S/C15H25N3O16P2/c16-8-9(21)5(3-19)32-14(11(8)23)33-36(28,29)34-35(26,27)30-4-6-10(22)12(24)13(31-6)18-2-1-7(20)17-15(18)25/h1-2,5-6,8-14,19,21-24H,3-4,16H2,(H,26,27)(H,28,29)(H,17,20,25)/t5-,6-,8+,9-,10-,11-,12-,13-,14-/m1/s1. The van der Waals surface area contributed by atoms with Crippen molar-refractivity contribution in [1.29, 1.82) is 0 Å². The molecule has 1 aromatic heterocycles. The van der Waals surface area contributed by atoms with Crippen LogP contribution in [-0.4, -0.2) is 107 Å². The lowest BCUT2D eigenvalue weighted by Crippen LogP contribution is -2.62. The molecule has 0 amide bonds. The maximum atomic E-state index is 12.2. The molecule has 0 saturated carbocycles. The van der Waals surface area contributed by atoms with Gasteiger partial charge in [-0.1, -0.05) is 0 Å². The van der Waals surface area contributed by atoms with Gasteiger partial charge in [-0.25, -0.2) is 13.9 Å². The van der Waals surface area contributed by atoms with Gasteiger partial charge in [-0.15, -0.1) is 0 Å². The van der Waals surface area contributed by atoms with Crippen LogP contribution in [0.25, 0.3) is 0 Å². The van der Waals surface area contributed by atoms with Gasteiger partial charge in [-0.3, -0.25) is 23.4 Å². The fourth-order valence-corrected chi connectivity index (χ4v) is 5.56. The minimum Gasteiger partial charge on any atom is -0.394 e. The van der Waals surface area contributed by atoms with E-state index in [1.807, 2.05) is 4.98 Å². The van der Waals surface area contributed by atoms with E-state index in [9.17, 15) is 54.0 Å². The van der Waals surface area contributed by atoms with Crippen LogP contribution in [0, 0.1) is 0 Å². The molecule has 10 N–H and O–H groups in total. The highest BCUT2D eigenvalue weighted by atomic mass is 31.3. The number of nitrogens with one attached hydrogen (secondary N) is 1. The second-order valence-corrected chi connectivity index (χ2v) is 10.8. The number of aliphatic hydroxyl groups is 5. The molecule has 3 heterocycles. The summed E-state index contributed by atoms with van der Waals surface area (Å²) in [5.74, 6) is 0. The normalized spacial score (nSPS) is 38.4. The zero-order chi connectivity index (χ0) is 27.0. The Kier molecular flexibility index (Phi) is 9.05. The summed E-state index contributed by atoms with van der Waals surface area (Å²) < 4.78 is 48.4. The maximum Gasteiger partial charge on any atom is 0.483 e. The van der Waals surface area contributed by atoms with Gasteiger partial charge in [0.2, 0.25) is 0 Å². The molecule has 21 heteroatoms. The first-order chi connectivity index (χ1) is 16.7. The number of H-pyrrole nitrogens is 1. The van der Waals surface area contributed by atoms with Gasteiger partial charge < -0.3 is 50.5 Å². The van der Waals surface area contributed by atoms with Crippen LogP contribution in [-0.2, 0) is 32.0 Å². The third-order valence-corrected chi connectivity index (χ3v) is 7.85. The topological polar surface area (TPSA) is 303 Å². The van der Waals surface area contributed by atoms with Gasteiger partial charge in [0.1, 0.15) is 36.6 Å². The minimum absolute atomic E-state index is 0.733. The van der Waals surface area contributed by atoms with E-state index >= 15 is 0 Å². The summed E-state index contributed by atoms with van der Waals surface area (Å²) in [5.41, 5.74) is 3.80. The summed E-state index contributed by atoms with van der Waals surface area (Å²) in [6.07, 6.45) is -12.6. The maximum absolute atomic E-state index is 12.2. The molecule has 1 aromatic rings. The lowest BCUT2D eigenvalue weighted by atomic mass is 9.97. The molecule has 0 aromatic carbocycles. The van der Waals surface area contributed by atoms with Gasteiger partial charge in [0, 0.05) is 12.3 Å². The van der Waals surface area contributed by atoms with Crippen molar-refractivity contribution in [3.05, 3.63) is 33.1 Å². The molecule has 0 spiro atoms. The first-order valence-corrected chi connectivity index (χ1v) is 13.1. The Labute approximate surface area is 200 Å². The average Bonchev–Trinajstić information content (AvgIpc) is 3.06. The number of ether oxygens (including phenoxy) is 2. The van der Waals surface area contributed by atoms with Crippen molar-refractivity contribution in [2.75, 3.05) is 13.2 Å². The minimum atomic E-state index is -5.54. The number of hydrogen-bond donors (Lipinski definition) is 9. The molecule has 2 fully saturated rings. The number of phosphoric acid groups is 2. The quantitative estimate of drug-likeness (QED) is 0.127. The molecule has 0 bridgehead atoms. The predicted molar refractivity (Wildman–Crippen MR) is 111 cm³/mol. The number of hydrogen-bond acceptors (Lipinski definition) is 15. The average molecular weight is 565 g/mol. The Balaban J connectivity index is 1.61. The Morgan fingerprint density at radius 2 is 1.67 bits per heavy atom. The molecule has 19 nitrogen and oxygen atoms in total. The fourth-order valence-electron chi connectivity index (χ4n) is 3.40. The molecule has 3 rings (SSSR count). The number of phosphoric ester groups is 2. The van der Waals surface area contributed by atoms with E-state index in [-0.39, 0.29) is 0 Å². The molecule has 2 aliphatic rings. The first-order valence-electron chi connectivity index (χ1n) is 10.1. The number of aliphatic hydroxyl groups excluding tert-OH is 5. The predicted octanol–water partition coefficient (Wildman–Crippen LogP) is -4.83. The zero-order valence-corrected chi connectivity index (χ0v) is 19.8. The monoisotopic (exact) mass is 565 g/mol. The Bertz CT molecular complexity index is 1130. The number of aromatic nitrogens is 2. The lowest BCUT2D eigenvalue weighted by Gasteiger charge is -2.40. The fraction of sp³-hybridized carbons (Fsp3) is 0.733. The van der Waals surface area contributed by atoms with Crippen molar-refractivity contribution in [2.24, 2.45) is 5.73 Å². The molecule has 36 heavy (non-hydrogen) atoms. The smallest absolute Gasteiger partial charge is 0.394 e. The number of rotatable bonds is 9. The van der Waals surface area contributed by atoms with Gasteiger partial charge in [-0.05, 0) is 0 Å². The van der Waals surface area contributed by atoms with Gasteiger partial charge in [0.05, 0.1) is 19.3 Å². The summed E-state index contributed by atoms with van der Waals surface area (Å²) >= 11 is 0. The highest BCUT2D eigenvalue weighted by Gasteiger charge is 2.49. The zero-order valence-electron chi connectivity index (χ0n) is 18.0. The van der Waals surface area contributed by atoms with E-state index in [0.717, 1.165) is 16.8 Å². The van der Waals surface area contributed by atoms with Crippen molar-refractivity contribution >= 4 is 15.6 Å². The molecular formula is C15H25N3O16P2. The van der Waals surface area contributed by atoms with E-state index in [1.165, 1.54) is 0 Å². The van der Waals surface area contributed by atoms with Gasteiger partial charge in [0.15, 0.2) is 12.5 Å². The molecule has 0 aliphatic carbocycles. The number of nitrogens with two attached hydrogens (primary N) is 1. The van der Waals surface area contributed by atoms with Crippen molar-refractivity contribution in [2.45, 2.75) is 55.2 Å². The van der Waals surface area contributed by atoms with Crippen molar-refractivity contribution in [3.63, 3.8) is 0 Å². The summed E-state index contributed by atoms with van der Waals surface area (Å²) in [5, 5.41) is 49.2. The van der Waals surface area contributed by atoms with Crippen molar-refractivity contribution in [1.82, 2.24) is 9.55 Å². The largest absolute Gasteiger partial charge is 0.483 e. The van der Waals surface area contributed by atoms with Crippen molar-refractivity contribution in [3.8, 4) is 0 Å². The Morgan fingerprint density at radius 1 is 1.00 bits per heavy atom. The number of nitrogens with zero attached hydrogens (tertiary/aromatic N) is 1. The van der Waals surface area contributed by atoms with Crippen LogP contribution in [0.3, 0.4) is 0 Å². The van der Waals surface area contributed by atoms with E-state index in [4.69, 9.17) is 15.2 Å². The van der Waals surface area contributed by atoms with Gasteiger partial charge in [0.25, 0.3) is 5.56 Å². The summed E-state index contributed by atoms with van der Waals surface area (Å²) in [6, 6.07) is -0.556. The van der Waals surface area contributed by atoms with Crippen LogP contribution in [0.15, 0.2) is 21.9 Å². The SMILES string of the molecule is N[C@@H]1[C@@H](O)[C@@H](OP(=O)(O)OP(=O)(O)OC[C@H]2O[C@@H](n3ccc(=O)[nH]c3=O)[C@H](O)[C@@H]2O)O[C@H](CO)[C@H]1O. The van der Waals surface area contributed by atoms with Gasteiger partial charge in [-0.2, -0.15) is 4.31 Å². The molecular weight excluding hydrogens is 540 g/mol. The van der Waals surface area contributed by atoms with E-state index in [2.05, 4.69) is 13.4 Å². The molecule has 0 radical (unpaired) electrons. The third-order valence-electron chi connectivity index (χ3n) is 5.25. The van der Waals surface area contributed by atoms with Gasteiger partial charge >= 0.3 is 21.3 Å². The summed E-state index contributed by atoms with van der Waals surface area (Å²) in [4.78, 5) is 44.6. The van der Waals surface area contributed by atoms with E-state index in [0.29, 0.717) is 0 Å². The van der Waals surface area contributed by atoms with Crippen LogP contribution in [0.5, 0.6) is 0 Å². The summed E-state index contributed by atoms with van der Waals surface area (Å²) in [6.45, 7) is -1.83. The Hall–Kier alpha value is -1.38. The van der Waals surface area contributed by atoms with Crippen LogP contribution < -0.4 is 17.0 Å². The van der Waals surface area contributed by atoms with E-state index < -0.39 is 95.3 Å². The second kappa shape index (κ2) is 11.2. The highest BCUT2D eigenvalue weighted by Crippen LogP contribution is 2.61. The first kappa shape index (κ1) is 29.2.